The molecule has 0 unspecified atom stereocenters. The van der Waals surface area contributed by atoms with Crippen LogP contribution in [0.15, 0.2) is 57.6 Å². The predicted molar refractivity (Wildman–Crippen MR) is 97.1 cm³/mol. The zero-order valence-electron chi connectivity index (χ0n) is 13.3. The SMILES string of the molecule is CCCCOc1cc(-c2coc(-c3cccc(Br)c3)n2)ccc1O. The first kappa shape index (κ1) is 16.6. The van der Waals surface area contributed by atoms with Crippen LogP contribution >= 0.6 is 15.9 Å². The van der Waals surface area contributed by atoms with Gasteiger partial charge in [-0.2, -0.15) is 0 Å². The minimum atomic E-state index is 0.130. The van der Waals surface area contributed by atoms with Crippen molar-refractivity contribution in [2.75, 3.05) is 6.61 Å². The molecule has 3 rings (SSSR count). The quantitative estimate of drug-likeness (QED) is 0.554. The molecule has 0 saturated carbocycles. The lowest BCUT2D eigenvalue weighted by Gasteiger charge is -2.08. The second-order valence-corrected chi connectivity index (χ2v) is 6.35. The molecule has 0 aliphatic carbocycles. The molecule has 1 heterocycles. The number of unbranched alkanes of at least 4 members (excludes halogenated alkanes) is 1. The van der Waals surface area contributed by atoms with Crippen molar-refractivity contribution in [2.24, 2.45) is 0 Å². The van der Waals surface area contributed by atoms with Crippen LogP contribution in [-0.4, -0.2) is 16.7 Å². The Morgan fingerprint density at radius 2 is 2.04 bits per heavy atom. The fraction of sp³-hybridized carbons (Fsp3) is 0.211. The Kier molecular flexibility index (Phi) is 5.20. The number of rotatable bonds is 6. The van der Waals surface area contributed by atoms with Crippen molar-refractivity contribution in [3.8, 4) is 34.2 Å². The second-order valence-electron chi connectivity index (χ2n) is 5.43. The maximum Gasteiger partial charge on any atom is 0.226 e. The first-order valence-corrected chi connectivity index (χ1v) is 8.64. The number of halogens is 1. The first-order chi connectivity index (χ1) is 11.7. The van der Waals surface area contributed by atoms with Crippen LogP contribution in [0.25, 0.3) is 22.7 Å². The van der Waals surface area contributed by atoms with Crippen LogP contribution in [0.5, 0.6) is 11.5 Å². The van der Waals surface area contributed by atoms with Gasteiger partial charge >= 0.3 is 0 Å². The molecular weight excluding hydrogens is 370 g/mol. The Morgan fingerprint density at radius 1 is 1.17 bits per heavy atom. The third-order valence-electron chi connectivity index (χ3n) is 3.59. The van der Waals surface area contributed by atoms with Crippen LogP contribution in [0.3, 0.4) is 0 Å². The van der Waals surface area contributed by atoms with Gasteiger partial charge in [0.2, 0.25) is 5.89 Å². The van der Waals surface area contributed by atoms with E-state index >= 15 is 0 Å². The van der Waals surface area contributed by atoms with E-state index in [9.17, 15) is 5.11 Å². The fourth-order valence-corrected chi connectivity index (χ4v) is 2.68. The van der Waals surface area contributed by atoms with E-state index in [1.807, 2.05) is 24.3 Å². The molecular formula is C19H18BrNO3. The third-order valence-corrected chi connectivity index (χ3v) is 4.08. The third kappa shape index (κ3) is 3.79. The molecule has 3 aromatic rings. The number of nitrogens with zero attached hydrogens (tertiary/aromatic N) is 1. The number of aromatic hydroxyl groups is 1. The highest BCUT2D eigenvalue weighted by Gasteiger charge is 2.11. The Morgan fingerprint density at radius 3 is 2.83 bits per heavy atom. The number of benzene rings is 2. The van der Waals surface area contributed by atoms with Crippen molar-refractivity contribution in [3.05, 3.63) is 53.2 Å². The van der Waals surface area contributed by atoms with E-state index in [1.54, 1.807) is 24.5 Å². The predicted octanol–water partition coefficient (Wildman–Crippen LogP) is 5.66. The van der Waals surface area contributed by atoms with Crippen molar-refractivity contribution >= 4 is 15.9 Å². The number of hydrogen-bond acceptors (Lipinski definition) is 4. The summed E-state index contributed by atoms with van der Waals surface area (Å²) in [6.45, 7) is 2.67. The summed E-state index contributed by atoms with van der Waals surface area (Å²) in [4.78, 5) is 4.53. The molecule has 0 aliphatic rings. The zero-order valence-corrected chi connectivity index (χ0v) is 14.9. The molecule has 0 amide bonds. The molecule has 0 saturated heterocycles. The van der Waals surface area contributed by atoms with Crippen molar-refractivity contribution in [3.63, 3.8) is 0 Å². The first-order valence-electron chi connectivity index (χ1n) is 7.85. The molecule has 0 radical (unpaired) electrons. The molecule has 124 valence electrons. The maximum atomic E-state index is 9.92. The van der Waals surface area contributed by atoms with E-state index in [4.69, 9.17) is 9.15 Å². The molecule has 0 bridgehead atoms. The summed E-state index contributed by atoms with van der Waals surface area (Å²) in [7, 11) is 0. The van der Waals surface area contributed by atoms with Gasteiger partial charge in [0.15, 0.2) is 11.5 Å². The lowest BCUT2D eigenvalue weighted by molar-refractivity contribution is 0.293. The van der Waals surface area contributed by atoms with E-state index in [0.29, 0.717) is 23.9 Å². The van der Waals surface area contributed by atoms with Crippen LogP contribution in [0.4, 0.5) is 0 Å². The summed E-state index contributed by atoms with van der Waals surface area (Å²) >= 11 is 3.44. The highest BCUT2D eigenvalue weighted by molar-refractivity contribution is 9.10. The van der Waals surface area contributed by atoms with Crippen molar-refractivity contribution in [1.29, 1.82) is 0 Å². The molecule has 1 N–H and O–H groups in total. The van der Waals surface area contributed by atoms with E-state index < -0.39 is 0 Å². The molecule has 24 heavy (non-hydrogen) atoms. The van der Waals surface area contributed by atoms with Gasteiger partial charge in [-0.1, -0.05) is 35.3 Å². The lowest BCUT2D eigenvalue weighted by atomic mass is 10.1. The molecule has 4 nitrogen and oxygen atoms in total. The minimum Gasteiger partial charge on any atom is -0.504 e. The second kappa shape index (κ2) is 7.53. The summed E-state index contributed by atoms with van der Waals surface area (Å²) in [5.41, 5.74) is 2.43. The number of phenols is 1. The number of aromatic nitrogens is 1. The van der Waals surface area contributed by atoms with Gasteiger partial charge in [-0.05, 0) is 42.8 Å². The van der Waals surface area contributed by atoms with Crippen LogP contribution in [-0.2, 0) is 0 Å². The number of hydrogen-bond donors (Lipinski definition) is 1. The van der Waals surface area contributed by atoms with Crippen LogP contribution in [0.2, 0.25) is 0 Å². The highest BCUT2D eigenvalue weighted by atomic mass is 79.9. The van der Waals surface area contributed by atoms with Gasteiger partial charge in [0.25, 0.3) is 0 Å². The van der Waals surface area contributed by atoms with Gasteiger partial charge in [0, 0.05) is 15.6 Å². The highest BCUT2D eigenvalue weighted by Crippen LogP contribution is 2.33. The standard InChI is InChI=1S/C19H18BrNO3/c1-2-3-9-23-18-11-13(7-8-17(18)22)16-12-24-19(21-16)14-5-4-6-15(20)10-14/h4-8,10-12,22H,2-3,9H2,1H3. The van der Waals surface area contributed by atoms with Crippen molar-refractivity contribution in [2.45, 2.75) is 19.8 Å². The Bertz CT molecular complexity index is 829. The van der Waals surface area contributed by atoms with Gasteiger partial charge < -0.3 is 14.3 Å². The molecule has 0 fully saturated rings. The Balaban J connectivity index is 1.86. The van der Waals surface area contributed by atoms with Gasteiger partial charge in [-0.15, -0.1) is 0 Å². The topological polar surface area (TPSA) is 55.5 Å². The van der Waals surface area contributed by atoms with Gasteiger partial charge in [-0.3, -0.25) is 0 Å². The van der Waals surface area contributed by atoms with Crippen LogP contribution in [0, 0.1) is 0 Å². The van der Waals surface area contributed by atoms with Gasteiger partial charge in [-0.25, -0.2) is 4.98 Å². The monoisotopic (exact) mass is 387 g/mol. The van der Waals surface area contributed by atoms with Gasteiger partial charge in [0.05, 0.1) is 6.61 Å². The average molecular weight is 388 g/mol. The Labute approximate surface area is 149 Å². The smallest absolute Gasteiger partial charge is 0.226 e. The minimum absolute atomic E-state index is 0.130. The molecule has 0 aliphatic heterocycles. The van der Waals surface area contributed by atoms with E-state index in [0.717, 1.165) is 28.4 Å². The van der Waals surface area contributed by atoms with E-state index in [1.165, 1.54) is 0 Å². The average Bonchev–Trinajstić information content (AvgIpc) is 3.07. The van der Waals surface area contributed by atoms with Crippen LogP contribution in [0.1, 0.15) is 19.8 Å². The molecule has 2 aromatic carbocycles. The number of phenolic OH excluding ortho intramolecular Hbond substituents is 1. The van der Waals surface area contributed by atoms with E-state index in [-0.39, 0.29) is 5.75 Å². The fourth-order valence-electron chi connectivity index (χ4n) is 2.28. The summed E-state index contributed by atoms with van der Waals surface area (Å²) < 4.78 is 12.2. The molecule has 5 heteroatoms. The Hall–Kier alpha value is -2.27. The maximum absolute atomic E-state index is 9.92. The summed E-state index contributed by atoms with van der Waals surface area (Å²) in [6.07, 6.45) is 3.60. The van der Waals surface area contributed by atoms with Gasteiger partial charge in [0.1, 0.15) is 12.0 Å². The molecule has 0 spiro atoms. The lowest BCUT2D eigenvalue weighted by Crippen LogP contribution is -1.96. The summed E-state index contributed by atoms with van der Waals surface area (Å²) in [5.74, 6) is 1.14. The van der Waals surface area contributed by atoms with Crippen molar-refractivity contribution < 1.29 is 14.3 Å². The summed E-state index contributed by atoms with van der Waals surface area (Å²) in [6, 6.07) is 13.0. The zero-order chi connectivity index (χ0) is 16.9. The molecule has 0 atom stereocenters. The molecule has 1 aromatic heterocycles. The largest absolute Gasteiger partial charge is 0.504 e. The van der Waals surface area contributed by atoms with E-state index in [2.05, 4.69) is 27.8 Å². The number of ether oxygens (including phenoxy) is 1. The normalized spacial score (nSPS) is 10.8. The summed E-state index contributed by atoms with van der Waals surface area (Å²) in [5, 5.41) is 9.92. The number of oxazole rings is 1. The van der Waals surface area contributed by atoms with Crippen LogP contribution < -0.4 is 4.74 Å². The van der Waals surface area contributed by atoms with Crippen molar-refractivity contribution in [1.82, 2.24) is 4.98 Å².